The standard InChI is InChI=1S/C36H42FN5O2S2/c1-35(2)12-6-13-36(3,24-8-5-7-23(17-24)18-25(44)21-43)34-40-33(42(4)41-34)31-19-26(9-14-39-31)46-32-28(11-16-45-22-35)27-10-15-38-30(27)20-29(32)37/h5,7-10,14-15,17,19-20,25,38,43-44H,6,11-13,16,18,21-22H2,1-4H3/t25?,36-/m1/s1. The zero-order chi connectivity index (χ0) is 32.5. The lowest BCUT2D eigenvalue weighted by molar-refractivity contribution is 0.0955. The summed E-state index contributed by atoms with van der Waals surface area (Å²) in [5.74, 6) is 3.05. The first-order valence-electron chi connectivity index (χ1n) is 15.9. The average Bonchev–Trinajstić information content (AvgIpc) is 3.66. The van der Waals surface area contributed by atoms with Crippen molar-refractivity contribution < 1.29 is 14.6 Å². The molecule has 1 aliphatic heterocycles. The van der Waals surface area contributed by atoms with E-state index in [1.807, 2.05) is 49.3 Å². The number of fused-ring (bicyclic) bond motifs is 8. The number of halogens is 1. The van der Waals surface area contributed by atoms with Crippen LogP contribution in [0.2, 0.25) is 0 Å². The lowest BCUT2D eigenvalue weighted by Crippen LogP contribution is -2.27. The Labute approximate surface area is 278 Å². The number of aromatic nitrogens is 5. The van der Waals surface area contributed by atoms with Gasteiger partial charge in [-0.15, -0.1) is 0 Å². The van der Waals surface area contributed by atoms with Crippen molar-refractivity contribution in [1.29, 1.82) is 0 Å². The Morgan fingerprint density at radius 3 is 2.78 bits per heavy atom. The second kappa shape index (κ2) is 13.5. The lowest BCUT2D eigenvalue weighted by atomic mass is 9.75. The number of benzene rings is 2. The highest BCUT2D eigenvalue weighted by Crippen LogP contribution is 2.41. The van der Waals surface area contributed by atoms with Crippen LogP contribution in [0.3, 0.4) is 0 Å². The number of hydrogen-bond donors (Lipinski definition) is 3. The van der Waals surface area contributed by atoms with Gasteiger partial charge in [-0.25, -0.2) is 14.1 Å². The van der Waals surface area contributed by atoms with Crippen LogP contribution in [-0.2, 0) is 25.3 Å². The molecule has 0 saturated heterocycles. The van der Waals surface area contributed by atoms with Gasteiger partial charge in [-0.2, -0.15) is 16.9 Å². The number of aliphatic hydroxyl groups is 2. The summed E-state index contributed by atoms with van der Waals surface area (Å²) in [6, 6.07) is 15.8. The molecule has 0 aliphatic carbocycles. The minimum Gasteiger partial charge on any atom is -0.394 e. The number of thioether (sulfide) groups is 1. The van der Waals surface area contributed by atoms with Crippen LogP contribution in [0.5, 0.6) is 0 Å². The van der Waals surface area contributed by atoms with Crippen molar-refractivity contribution in [3.63, 3.8) is 0 Å². The summed E-state index contributed by atoms with van der Waals surface area (Å²) in [4.78, 5) is 14.5. The van der Waals surface area contributed by atoms with E-state index in [2.05, 4.69) is 48.9 Å². The molecule has 10 heteroatoms. The van der Waals surface area contributed by atoms with Gasteiger partial charge in [-0.05, 0) is 84.1 Å². The molecule has 0 amide bonds. The molecule has 2 aromatic carbocycles. The zero-order valence-electron chi connectivity index (χ0n) is 26.9. The van der Waals surface area contributed by atoms with E-state index in [1.165, 1.54) is 11.8 Å². The van der Waals surface area contributed by atoms with E-state index in [0.717, 1.165) is 69.7 Å². The predicted molar refractivity (Wildman–Crippen MR) is 185 cm³/mol. The quantitative estimate of drug-likeness (QED) is 0.186. The van der Waals surface area contributed by atoms with Crippen LogP contribution in [0.25, 0.3) is 22.4 Å². The third kappa shape index (κ3) is 6.90. The molecule has 0 spiro atoms. The number of nitrogens with one attached hydrogen (secondary N) is 1. The van der Waals surface area contributed by atoms with Crippen LogP contribution in [-0.4, -0.2) is 59.2 Å². The van der Waals surface area contributed by atoms with Crippen molar-refractivity contribution in [2.45, 2.75) is 74.2 Å². The Kier molecular flexibility index (Phi) is 9.62. The molecule has 4 bridgehead atoms. The molecule has 46 heavy (non-hydrogen) atoms. The molecule has 3 aromatic heterocycles. The van der Waals surface area contributed by atoms with E-state index in [-0.39, 0.29) is 17.8 Å². The highest BCUT2D eigenvalue weighted by molar-refractivity contribution is 7.99. The second-order valence-electron chi connectivity index (χ2n) is 13.4. The minimum absolute atomic E-state index is 0.108. The maximum absolute atomic E-state index is 15.7. The number of aliphatic hydroxyl groups excluding tert-OH is 2. The highest BCUT2D eigenvalue weighted by Gasteiger charge is 2.35. The Balaban J connectivity index is 1.44. The van der Waals surface area contributed by atoms with E-state index in [9.17, 15) is 10.2 Å². The predicted octanol–water partition coefficient (Wildman–Crippen LogP) is 7.34. The molecule has 3 N–H and O–H groups in total. The smallest absolute Gasteiger partial charge is 0.176 e. The first kappa shape index (κ1) is 32.7. The monoisotopic (exact) mass is 659 g/mol. The molecule has 1 aliphatic rings. The zero-order valence-corrected chi connectivity index (χ0v) is 28.5. The number of nitrogens with zero attached hydrogens (tertiary/aromatic N) is 4. The van der Waals surface area contributed by atoms with E-state index >= 15 is 4.39 Å². The second-order valence-corrected chi connectivity index (χ2v) is 15.5. The molecule has 4 heterocycles. The molecular weight excluding hydrogens is 618 g/mol. The van der Waals surface area contributed by atoms with Crippen LogP contribution in [0, 0.1) is 11.2 Å². The van der Waals surface area contributed by atoms with E-state index in [0.29, 0.717) is 28.7 Å². The van der Waals surface area contributed by atoms with Crippen LogP contribution in [0.4, 0.5) is 4.39 Å². The summed E-state index contributed by atoms with van der Waals surface area (Å²) in [7, 11) is 1.89. The van der Waals surface area contributed by atoms with Gasteiger partial charge in [0.15, 0.2) is 11.6 Å². The first-order valence-corrected chi connectivity index (χ1v) is 17.8. The number of H-pyrrole nitrogens is 1. The minimum atomic E-state index is -0.808. The summed E-state index contributed by atoms with van der Waals surface area (Å²) in [6.45, 7) is 6.58. The molecule has 0 saturated carbocycles. The third-order valence-corrected chi connectivity index (χ3v) is 11.7. The number of pyridine rings is 1. The number of aromatic amines is 1. The van der Waals surface area contributed by atoms with Gasteiger partial charge in [-0.3, -0.25) is 4.98 Å². The van der Waals surface area contributed by atoms with Crippen molar-refractivity contribution in [2.75, 3.05) is 18.1 Å². The van der Waals surface area contributed by atoms with E-state index in [4.69, 9.17) is 10.1 Å². The van der Waals surface area contributed by atoms with Crippen molar-refractivity contribution >= 4 is 34.4 Å². The van der Waals surface area contributed by atoms with Gasteiger partial charge in [0.2, 0.25) is 0 Å². The van der Waals surface area contributed by atoms with Crippen LogP contribution in [0.15, 0.2) is 70.7 Å². The summed E-state index contributed by atoms with van der Waals surface area (Å²) in [5.41, 5.74) is 4.19. The first-order chi connectivity index (χ1) is 22.1. The number of rotatable bonds is 4. The molecule has 6 rings (SSSR count). The normalized spacial score (nSPS) is 19.7. The van der Waals surface area contributed by atoms with Gasteiger partial charge in [0.25, 0.3) is 0 Å². The Morgan fingerprint density at radius 1 is 1.11 bits per heavy atom. The summed E-state index contributed by atoms with van der Waals surface area (Å²) in [6.07, 6.45) is 6.83. The summed E-state index contributed by atoms with van der Waals surface area (Å²) in [5, 5.41) is 25.6. The molecule has 0 radical (unpaired) electrons. The number of hydrogen-bond acceptors (Lipinski definition) is 7. The van der Waals surface area contributed by atoms with E-state index in [1.54, 1.807) is 16.9 Å². The van der Waals surface area contributed by atoms with Gasteiger partial charge < -0.3 is 15.2 Å². The third-order valence-electron chi connectivity index (χ3n) is 9.07. The van der Waals surface area contributed by atoms with Gasteiger partial charge in [0.05, 0.1) is 23.0 Å². The maximum atomic E-state index is 15.7. The molecule has 1 unspecified atom stereocenters. The van der Waals surface area contributed by atoms with Crippen LogP contribution < -0.4 is 0 Å². The fourth-order valence-electron chi connectivity index (χ4n) is 6.42. The highest BCUT2D eigenvalue weighted by atomic mass is 32.2. The Bertz CT molecular complexity index is 1840. The Morgan fingerprint density at radius 2 is 1.96 bits per heavy atom. The van der Waals surface area contributed by atoms with Gasteiger partial charge in [-0.1, -0.05) is 56.3 Å². The van der Waals surface area contributed by atoms with Crippen molar-refractivity contribution in [3.8, 4) is 11.5 Å². The average molecular weight is 660 g/mol. The Hall–Kier alpha value is -3.18. The van der Waals surface area contributed by atoms with Crippen molar-refractivity contribution in [2.24, 2.45) is 12.5 Å². The van der Waals surface area contributed by atoms with Gasteiger partial charge in [0, 0.05) is 41.7 Å². The van der Waals surface area contributed by atoms with Gasteiger partial charge >= 0.3 is 0 Å². The molecule has 5 aromatic rings. The van der Waals surface area contributed by atoms with E-state index < -0.39 is 11.5 Å². The maximum Gasteiger partial charge on any atom is 0.176 e. The molecule has 2 atom stereocenters. The lowest BCUT2D eigenvalue weighted by Gasteiger charge is -2.31. The fourth-order valence-corrected chi connectivity index (χ4v) is 8.63. The summed E-state index contributed by atoms with van der Waals surface area (Å²) >= 11 is 3.37. The molecule has 0 fully saturated rings. The summed E-state index contributed by atoms with van der Waals surface area (Å²) < 4.78 is 17.5. The van der Waals surface area contributed by atoms with Crippen LogP contribution >= 0.6 is 23.5 Å². The molecular formula is C36H42FN5O2S2. The van der Waals surface area contributed by atoms with Gasteiger partial charge in [0.1, 0.15) is 11.5 Å². The number of aryl methyl sites for hydroxylation is 2. The van der Waals surface area contributed by atoms with Crippen molar-refractivity contribution in [1.82, 2.24) is 24.7 Å². The van der Waals surface area contributed by atoms with Crippen molar-refractivity contribution in [3.05, 3.63) is 89.3 Å². The SMILES string of the molecule is Cn1nc2nc1-c1cc(ccn1)Sc1c(F)cc3[nH]ccc3c1CCSCC(C)(C)CCC[C@]2(C)c1cccc(CC(O)CO)c1. The molecule has 242 valence electrons. The topological polar surface area (TPSA) is 99.9 Å². The van der Waals surface area contributed by atoms with Crippen LogP contribution in [0.1, 0.15) is 62.5 Å². The largest absolute Gasteiger partial charge is 0.394 e. The molecule has 7 nitrogen and oxygen atoms in total. The fraction of sp³-hybridized carbons (Fsp3) is 0.417.